The Hall–Kier alpha value is -3.84. The quantitative estimate of drug-likeness (QED) is 0.339. The Bertz CT molecular complexity index is 1250. The number of imide groups is 1. The lowest BCUT2D eigenvalue weighted by Gasteiger charge is -2.15. The molecule has 0 aromatic heterocycles. The smallest absolute Gasteiger partial charge is 0.329 e. The first-order chi connectivity index (χ1) is 16.5. The van der Waals surface area contributed by atoms with E-state index in [1.807, 2.05) is 37.3 Å². The fourth-order valence-corrected chi connectivity index (χ4v) is 3.76. The van der Waals surface area contributed by atoms with Crippen LogP contribution in [0.3, 0.4) is 0 Å². The minimum atomic E-state index is -0.626. The molecule has 0 saturated carbocycles. The van der Waals surface area contributed by atoms with Gasteiger partial charge >= 0.3 is 6.03 Å². The SMILES string of the molecule is CCOc1cc(/C=C2/NC(=O)N(Cc3ccccc3F)C2=O)cc(Cl)c1OCc1ccccc1. The number of amides is 3. The van der Waals surface area contributed by atoms with Gasteiger partial charge in [0.25, 0.3) is 5.91 Å². The van der Waals surface area contributed by atoms with Crippen LogP contribution < -0.4 is 14.8 Å². The number of urea groups is 1. The van der Waals surface area contributed by atoms with Crippen molar-refractivity contribution in [1.82, 2.24) is 10.2 Å². The standard InChI is InChI=1S/C26H22ClFN2O4/c1-2-33-23-14-18(12-20(27)24(23)34-16-17-8-4-3-5-9-17)13-22-25(31)30(26(32)29-22)15-19-10-6-7-11-21(19)28/h3-14H,2,15-16H2,1H3,(H,29,32)/b22-13+. The van der Waals surface area contributed by atoms with Gasteiger partial charge in [0.15, 0.2) is 11.5 Å². The lowest BCUT2D eigenvalue weighted by Crippen LogP contribution is -2.30. The number of benzene rings is 3. The first kappa shape index (κ1) is 23.3. The van der Waals surface area contributed by atoms with Crippen molar-refractivity contribution in [3.05, 3.63) is 100.0 Å². The van der Waals surface area contributed by atoms with Gasteiger partial charge in [0.2, 0.25) is 0 Å². The van der Waals surface area contributed by atoms with Gasteiger partial charge in [-0.15, -0.1) is 0 Å². The van der Waals surface area contributed by atoms with Crippen LogP contribution in [0, 0.1) is 5.82 Å². The molecule has 1 saturated heterocycles. The zero-order chi connectivity index (χ0) is 24.1. The normalized spacial score (nSPS) is 14.4. The van der Waals surface area contributed by atoms with Crippen molar-refractivity contribution in [2.45, 2.75) is 20.1 Å². The molecule has 1 aliphatic rings. The molecule has 174 valence electrons. The second-order valence-corrected chi connectivity index (χ2v) is 7.92. The largest absolute Gasteiger partial charge is 0.490 e. The highest BCUT2D eigenvalue weighted by atomic mass is 35.5. The maximum absolute atomic E-state index is 14.0. The lowest BCUT2D eigenvalue weighted by molar-refractivity contribution is -0.123. The number of carbonyl (C=O) groups is 2. The van der Waals surface area contributed by atoms with E-state index in [4.69, 9.17) is 21.1 Å². The molecule has 34 heavy (non-hydrogen) atoms. The van der Waals surface area contributed by atoms with Gasteiger partial charge < -0.3 is 14.8 Å². The predicted molar refractivity (Wildman–Crippen MR) is 127 cm³/mol. The molecule has 1 fully saturated rings. The second-order valence-electron chi connectivity index (χ2n) is 7.51. The third-order valence-electron chi connectivity index (χ3n) is 5.12. The zero-order valence-electron chi connectivity index (χ0n) is 18.4. The fraction of sp³-hybridized carbons (Fsp3) is 0.154. The van der Waals surface area contributed by atoms with Crippen LogP contribution in [0.4, 0.5) is 9.18 Å². The first-order valence-electron chi connectivity index (χ1n) is 10.7. The molecule has 3 amide bonds. The number of rotatable bonds is 8. The molecule has 3 aromatic carbocycles. The van der Waals surface area contributed by atoms with Crippen molar-refractivity contribution in [2.75, 3.05) is 6.61 Å². The Labute approximate surface area is 201 Å². The maximum Gasteiger partial charge on any atom is 0.329 e. The number of carbonyl (C=O) groups excluding carboxylic acids is 2. The third kappa shape index (κ3) is 5.21. The highest BCUT2D eigenvalue weighted by molar-refractivity contribution is 6.32. The van der Waals surface area contributed by atoms with Gasteiger partial charge in [-0.25, -0.2) is 9.18 Å². The van der Waals surface area contributed by atoms with Crippen LogP contribution in [0.5, 0.6) is 11.5 Å². The maximum atomic E-state index is 14.0. The molecular weight excluding hydrogens is 459 g/mol. The van der Waals surface area contributed by atoms with Crippen molar-refractivity contribution in [3.63, 3.8) is 0 Å². The monoisotopic (exact) mass is 480 g/mol. The van der Waals surface area contributed by atoms with Gasteiger partial charge in [0, 0.05) is 5.56 Å². The topological polar surface area (TPSA) is 67.9 Å². The number of ether oxygens (including phenoxy) is 2. The van der Waals surface area contributed by atoms with E-state index in [1.165, 1.54) is 18.2 Å². The van der Waals surface area contributed by atoms with Gasteiger partial charge in [0.1, 0.15) is 18.1 Å². The molecule has 4 rings (SSSR count). The molecule has 0 aliphatic carbocycles. The van der Waals surface area contributed by atoms with Crippen LogP contribution in [0.2, 0.25) is 5.02 Å². The number of hydrogen-bond acceptors (Lipinski definition) is 4. The highest BCUT2D eigenvalue weighted by Gasteiger charge is 2.34. The first-order valence-corrected chi connectivity index (χ1v) is 11.0. The van der Waals surface area contributed by atoms with Crippen LogP contribution in [-0.4, -0.2) is 23.4 Å². The third-order valence-corrected chi connectivity index (χ3v) is 5.40. The van der Waals surface area contributed by atoms with Crippen molar-refractivity contribution >= 4 is 29.6 Å². The van der Waals surface area contributed by atoms with E-state index in [0.29, 0.717) is 35.3 Å². The molecule has 1 N–H and O–H groups in total. The van der Waals surface area contributed by atoms with E-state index in [2.05, 4.69) is 5.32 Å². The number of hydrogen-bond donors (Lipinski definition) is 1. The van der Waals surface area contributed by atoms with Crippen LogP contribution in [-0.2, 0) is 17.9 Å². The summed E-state index contributed by atoms with van der Waals surface area (Å²) in [5, 5.41) is 2.83. The summed E-state index contributed by atoms with van der Waals surface area (Å²) in [7, 11) is 0. The molecular formula is C26H22ClFN2O4. The van der Waals surface area contributed by atoms with Gasteiger partial charge in [-0.05, 0) is 42.3 Å². The molecule has 0 spiro atoms. The summed E-state index contributed by atoms with van der Waals surface area (Å²) < 4.78 is 25.6. The van der Waals surface area contributed by atoms with Crippen LogP contribution in [0.15, 0.2) is 72.4 Å². The Kier molecular flexibility index (Phi) is 7.13. The van der Waals surface area contributed by atoms with Crippen molar-refractivity contribution < 1.29 is 23.5 Å². The molecule has 0 atom stereocenters. The summed E-state index contributed by atoms with van der Waals surface area (Å²) in [5.41, 5.74) is 1.81. The van der Waals surface area contributed by atoms with Crippen LogP contribution >= 0.6 is 11.6 Å². The summed E-state index contributed by atoms with van der Waals surface area (Å²) in [5.74, 6) is -0.248. The average Bonchev–Trinajstić information content (AvgIpc) is 3.08. The Morgan fingerprint density at radius 1 is 1.03 bits per heavy atom. The summed E-state index contributed by atoms with van der Waals surface area (Å²) in [6, 6.07) is 18.3. The van der Waals surface area contributed by atoms with E-state index in [9.17, 15) is 14.0 Å². The van der Waals surface area contributed by atoms with Gasteiger partial charge in [-0.1, -0.05) is 60.1 Å². The number of nitrogens with zero attached hydrogens (tertiary/aromatic N) is 1. The molecule has 0 radical (unpaired) electrons. The van der Waals surface area contributed by atoms with E-state index in [1.54, 1.807) is 24.3 Å². The molecule has 1 heterocycles. The minimum Gasteiger partial charge on any atom is -0.490 e. The van der Waals surface area contributed by atoms with Crippen LogP contribution in [0.1, 0.15) is 23.6 Å². The van der Waals surface area contributed by atoms with Gasteiger partial charge in [0.05, 0.1) is 18.2 Å². The summed E-state index contributed by atoms with van der Waals surface area (Å²) in [6.45, 7) is 2.35. The number of nitrogens with one attached hydrogen (secondary N) is 1. The lowest BCUT2D eigenvalue weighted by atomic mass is 10.1. The molecule has 0 unspecified atom stereocenters. The van der Waals surface area contributed by atoms with Gasteiger partial charge in [-0.3, -0.25) is 9.69 Å². The Balaban J connectivity index is 1.56. The minimum absolute atomic E-state index is 0.0535. The van der Waals surface area contributed by atoms with E-state index >= 15 is 0 Å². The van der Waals surface area contributed by atoms with E-state index < -0.39 is 17.8 Å². The van der Waals surface area contributed by atoms with Crippen molar-refractivity contribution in [1.29, 1.82) is 0 Å². The summed E-state index contributed by atoms with van der Waals surface area (Å²) in [4.78, 5) is 26.1. The number of halogens is 2. The average molecular weight is 481 g/mol. The molecule has 8 heteroatoms. The predicted octanol–water partition coefficient (Wildman–Crippen LogP) is 5.55. The van der Waals surface area contributed by atoms with Gasteiger partial charge in [-0.2, -0.15) is 0 Å². The van der Waals surface area contributed by atoms with E-state index in [0.717, 1.165) is 10.5 Å². The highest BCUT2D eigenvalue weighted by Crippen LogP contribution is 2.38. The van der Waals surface area contributed by atoms with Crippen molar-refractivity contribution in [3.8, 4) is 11.5 Å². The van der Waals surface area contributed by atoms with Crippen molar-refractivity contribution in [2.24, 2.45) is 0 Å². The molecule has 6 nitrogen and oxygen atoms in total. The summed E-state index contributed by atoms with van der Waals surface area (Å²) >= 11 is 6.48. The Morgan fingerprint density at radius 2 is 1.76 bits per heavy atom. The molecule has 3 aromatic rings. The summed E-state index contributed by atoms with van der Waals surface area (Å²) in [6.07, 6.45) is 1.50. The second kappa shape index (κ2) is 10.4. The van der Waals surface area contributed by atoms with Crippen LogP contribution in [0.25, 0.3) is 6.08 Å². The zero-order valence-corrected chi connectivity index (χ0v) is 19.1. The molecule has 0 bridgehead atoms. The molecule has 1 aliphatic heterocycles. The van der Waals surface area contributed by atoms with E-state index in [-0.39, 0.29) is 17.8 Å². The Morgan fingerprint density at radius 3 is 2.50 bits per heavy atom. The fourth-order valence-electron chi connectivity index (χ4n) is 3.48.